The van der Waals surface area contributed by atoms with Crippen LogP contribution in [0.3, 0.4) is 0 Å². The average Bonchev–Trinajstić information content (AvgIpc) is 3.22. The smallest absolute Gasteiger partial charge is 0.251 e. The molecule has 2 aromatic carbocycles. The third kappa shape index (κ3) is 8.80. The van der Waals surface area contributed by atoms with Gasteiger partial charge in [0, 0.05) is 25.1 Å². The van der Waals surface area contributed by atoms with Crippen LogP contribution in [0.5, 0.6) is 0 Å². The highest BCUT2D eigenvalue weighted by Gasteiger charge is 2.11. The molecule has 0 aliphatic carbocycles. The van der Waals surface area contributed by atoms with E-state index in [1.54, 1.807) is 0 Å². The van der Waals surface area contributed by atoms with Crippen LogP contribution in [0.2, 0.25) is 0 Å². The van der Waals surface area contributed by atoms with E-state index < -0.39 is 0 Å². The first-order chi connectivity index (χ1) is 17.6. The van der Waals surface area contributed by atoms with Crippen LogP contribution in [0.15, 0.2) is 42.5 Å². The van der Waals surface area contributed by atoms with Crippen molar-refractivity contribution < 1.29 is 4.79 Å². The molecular formula is C32H47N3O. The van der Waals surface area contributed by atoms with Gasteiger partial charge in [-0.05, 0) is 56.9 Å². The molecule has 3 rings (SSSR count). The van der Waals surface area contributed by atoms with E-state index in [9.17, 15) is 4.79 Å². The van der Waals surface area contributed by atoms with Crippen LogP contribution in [-0.2, 0) is 13.0 Å². The molecule has 3 aromatic rings. The first-order valence-electron chi connectivity index (χ1n) is 14.4. The van der Waals surface area contributed by atoms with E-state index in [-0.39, 0.29) is 5.91 Å². The first-order valence-corrected chi connectivity index (χ1v) is 14.4. The molecule has 0 unspecified atom stereocenters. The number of nitrogens with one attached hydrogen (secondary N) is 1. The minimum atomic E-state index is 0.0373. The van der Waals surface area contributed by atoms with Crippen molar-refractivity contribution in [2.45, 2.75) is 111 Å². The lowest BCUT2D eigenvalue weighted by Gasteiger charge is -2.10. The topological polar surface area (TPSA) is 46.9 Å². The van der Waals surface area contributed by atoms with E-state index in [1.165, 1.54) is 74.7 Å². The van der Waals surface area contributed by atoms with E-state index in [0.717, 1.165) is 55.4 Å². The summed E-state index contributed by atoms with van der Waals surface area (Å²) < 4.78 is 2.46. The van der Waals surface area contributed by atoms with Gasteiger partial charge in [-0.25, -0.2) is 4.98 Å². The van der Waals surface area contributed by atoms with Crippen LogP contribution >= 0.6 is 0 Å². The van der Waals surface area contributed by atoms with Crippen LogP contribution in [-0.4, -0.2) is 22.0 Å². The molecule has 196 valence electrons. The van der Waals surface area contributed by atoms with Crippen molar-refractivity contribution in [1.82, 2.24) is 14.9 Å². The normalized spacial score (nSPS) is 11.3. The van der Waals surface area contributed by atoms with E-state index in [2.05, 4.69) is 54.1 Å². The number of hydrogen-bond donors (Lipinski definition) is 1. The van der Waals surface area contributed by atoms with Crippen molar-refractivity contribution in [1.29, 1.82) is 0 Å². The fraction of sp³-hybridized carbons (Fsp3) is 0.562. The second-order valence-electron chi connectivity index (χ2n) is 10.4. The Labute approximate surface area is 218 Å². The fourth-order valence-corrected chi connectivity index (χ4v) is 5.10. The van der Waals surface area contributed by atoms with E-state index in [4.69, 9.17) is 4.98 Å². The number of amides is 1. The summed E-state index contributed by atoms with van der Waals surface area (Å²) in [6, 6.07) is 14.5. The maximum atomic E-state index is 12.5. The van der Waals surface area contributed by atoms with E-state index >= 15 is 0 Å². The summed E-state index contributed by atoms with van der Waals surface area (Å²) in [5, 5.41) is 3.09. The maximum absolute atomic E-state index is 12.5. The SMILES string of the molecule is CCCCCCCCCCCn1c(CCCCCNC(=O)c2ccc(C)cc2C)nc2ccccc21. The standard InChI is InChI=1S/C32H47N3O/c1-4-5-6-7-8-9-10-11-17-24-35-30-19-15-14-18-29(30)34-31(35)20-13-12-16-23-33-32(36)28-22-21-26(2)25-27(28)3/h14-15,18-19,21-22,25H,4-13,16-17,20,23-24H2,1-3H3,(H,33,36). The number of aromatic nitrogens is 2. The summed E-state index contributed by atoms with van der Waals surface area (Å²) in [4.78, 5) is 17.4. The molecule has 0 saturated carbocycles. The van der Waals surface area contributed by atoms with Gasteiger partial charge in [-0.3, -0.25) is 4.79 Å². The van der Waals surface area contributed by atoms with Crippen molar-refractivity contribution in [2.75, 3.05) is 6.54 Å². The number of aryl methyl sites for hydroxylation is 4. The monoisotopic (exact) mass is 489 g/mol. The van der Waals surface area contributed by atoms with Crippen molar-refractivity contribution in [3.05, 3.63) is 65.0 Å². The third-order valence-corrected chi connectivity index (χ3v) is 7.21. The molecule has 0 radical (unpaired) electrons. The summed E-state index contributed by atoms with van der Waals surface area (Å²) in [5.74, 6) is 1.25. The zero-order valence-electron chi connectivity index (χ0n) is 23.0. The van der Waals surface area contributed by atoms with Gasteiger partial charge in [0.05, 0.1) is 11.0 Å². The van der Waals surface area contributed by atoms with Crippen LogP contribution < -0.4 is 5.32 Å². The zero-order chi connectivity index (χ0) is 25.6. The van der Waals surface area contributed by atoms with Gasteiger partial charge in [0.25, 0.3) is 5.91 Å². The van der Waals surface area contributed by atoms with Crippen LogP contribution in [0.1, 0.15) is 111 Å². The Morgan fingerprint density at radius 3 is 2.28 bits per heavy atom. The van der Waals surface area contributed by atoms with Gasteiger partial charge in [-0.15, -0.1) is 0 Å². The Bertz CT molecular complexity index is 1070. The summed E-state index contributed by atoms with van der Waals surface area (Å²) in [6.45, 7) is 8.13. The van der Waals surface area contributed by atoms with Crippen LogP contribution in [0, 0.1) is 13.8 Å². The Morgan fingerprint density at radius 2 is 1.53 bits per heavy atom. The number of rotatable bonds is 17. The molecule has 0 spiro atoms. The van der Waals surface area contributed by atoms with Crippen molar-refractivity contribution >= 4 is 16.9 Å². The second-order valence-corrected chi connectivity index (χ2v) is 10.4. The number of carbonyl (C=O) groups is 1. The van der Waals surface area contributed by atoms with Crippen LogP contribution in [0.4, 0.5) is 0 Å². The minimum Gasteiger partial charge on any atom is -0.352 e. The Morgan fingerprint density at radius 1 is 0.833 bits per heavy atom. The maximum Gasteiger partial charge on any atom is 0.251 e. The lowest BCUT2D eigenvalue weighted by molar-refractivity contribution is 0.0952. The van der Waals surface area contributed by atoms with Gasteiger partial charge in [0.1, 0.15) is 5.82 Å². The predicted molar refractivity (Wildman–Crippen MR) is 153 cm³/mol. The molecule has 0 saturated heterocycles. The number of benzene rings is 2. The van der Waals surface area contributed by atoms with E-state index in [0.29, 0.717) is 0 Å². The highest BCUT2D eigenvalue weighted by Crippen LogP contribution is 2.20. The zero-order valence-corrected chi connectivity index (χ0v) is 23.0. The minimum absolute atomic E-state index is 0.0373. The Kier molecular flexibility index (Phi) is 12.0. The third-order valence-electron chi connectivity index (χ3n) is 7.21. The van der Waals surface area contributed by atoms with Crippen molar-refractivity contribution in [3.8, 4) is 0 Å². The number of para-hydroxylation sites is 2. The number of carbonyl (C=O) groups excluding carboxylic acids is 1. The van der Waals surface area contributed by atoms with E-state index in [1.807, 2.05) is 19.1 Å². The summed E-state index contributed by atoms with van der Waals surface area (Å²) >= 11 is 0. The number of unbranched alkanes of at least 4 members (excludes halogenated alkanes) is 10. The molecule has 1 N–H and O–H groups in total. The Balaban J connectivity index is 1.39. The second kappa shape index (κ2) is 15.5. The largest absolute Gasteiger partial charge is 0.352 e. The number of fused-ring (bicyclic) bond motifs is 1. The fourth-order valence-electron chi connectivity index (χ4n) is 5.10. The predicted octanol–water partition coefficient (Wildman–Crippen LogP) is 8.33. The van der Waals surface area contributed by atoms with Gasteiger partial charge in [-0.1, -0.05) is 94.5 Å². The summed E-state index contributed by atoms with van der Waals surface area (Å²) in [6.07, 6.45) is 16.4. The van der Waals surface area contributed by atoms with Gasteiger partial charge in [0.2, 0.25) is 0 Å². The van der Waals surface area contributed by atoms with Gasteiger partial charge < -0.3 is 9.88 Å². The molecule has 4 heteroatoms. The molecule has 0 fully saturated rings. The lowest BCUT2D eigenvalue weighted by atomic mass is 10.1. The number of imidazole rings is 1. The molecule has 1 amide bonds. The quantitative estimate of drug-likeness (QED) is 0.194. The van der Waals surface area contributed by atoms with Gasteiger partial charge in [0.15, 0.2) is 0 Å². The molecule has 4 nitrogen and oxygen atoms in total. The van der Waals surface area contributed by atoms with Gasteiger partial charge >= 0.3 is 0 Å². The molecule has 1 aromatic heterocycles. The molecule has 0 aliphatic rings. The molecule has 0 atom stereocenters. The summed E-state index contributed by atoms with van der Waals surface area (Å²) in [7, 11) is 0. The highest BCUT2D eigenvalue weighted by atomic mass is 16.1. The first kappa shape index (κ1) is 28.0. The molecule has 36 heavy (non-hydrogen) atoms. The van der Waals surface area contributed by atoms with Gasteiger partial charge in [-0.2, -0.15) is 0 Å². The summed E-state index contributed by atoms with van der Waals surface area (Å²) in [5.41, 5.74) is 5.40. The van der Waals surface area contributed by atoms with Crippen molar-refractivity contribution in [3.63, 3.8) is 0 Å². The van der Waals surface area contributed by atoms with Crippen LogP contribution in [0.25, 0.3) is 11.0 Å². The molecule has 0 aliphatic heterocycles. The lowest BCUT2D eigenvalue weighted by Crippen LogP contribution is -2.25. The van der Waals surface area contributed by atoms with Crippen molar-refractivity contribution in [2.24, 2.45) is 0 Å². The Hall–Kier alpha value is -2.62. The average molecular weight is 490 g/mol. The molecule has 1 heterocycles. The number of nitrogens with zero attached hydrogens (tertiary/aromatic N) is 2. The molecular weight excluding hydrogens is 442 g/mol. The number of hydrogen-bond acceptors (Lipinski definition) is 2. The molecule has 0 bridgehead atoms. The highest BCUT2D eigenvalue weighted by molar-refractivity contribution is 5.95.